The molecule has 0 saturated carbocycles. The molecule has 198 valence electrons. The highest BCUT2D eigenvalue weighted by Crippen LogP contribution is 2.36. The van der Waals surface area contributed by atoms with E-state index in [1.807, 2.05) is 48.5 Å². The van der Waals surface area contributed by atoms with Crippen molar-refractivity contribution in [1.29, 1.82) is 0 Å². The van der Waals surface area contributed by atoms with E-state index in [1.54, 1.807) is 30.5 Å². The molecule has 0 amide bonds. The SMILES string of the molecule is O=c1cc(S(=O)(=O)CCc2ccc(O)cc2)[nH]c2nc(-c3ccccc3)c(-c3cc(Cl)c4ncccc4c3)cc12. The van der Waals surface area contributed by atoms with E-state index in [1.165, 1.54) is 12.1 Å². The Morgan fingerprint density at radius 2 is 1.65 bits per heavy atom. The van der Waals surface area contributed by atoms with Crippen molar-refractivity contribution in [3.63, 3.8) is 0 Å². The molecular formula is C31H22ClN3O4S. The average Bonchev–Trinajstić information content (AvgIpc) is 2.97. The molecule has 3 aromatic carbocycles. The van der Waals surface area contributed by atoms with Crippen LogP contribution in [-0.2, 0) is 16.3 Å². The lowest BCUT2D eigenvalue weighted by molar-refractivity contribution is 0.475. The number of pyridine rings is 3. The summed E-state index contributed by atoms with van der Waals surface area (Å²) in [4.78, 5) is 25.3. The van der Waals surface area contributed by atoms with Crippen molar-refractivity contribution < 1.29 is 13.5 Å². The largest absolute Gasteiger partial charge is 0.508 e. The van der Waals surface area contributed by atoms with E-state index in [0.29, 0.717) is 21.8 Å². The first-order valence-electron chi connectivity index (χ1n) is 12.5. The van der Waals surface area contributed by atoms with Crippen molar-refractivity contribution in [3.05, 3.63) is 118 Å². The van der Waals surface area contributed by atoms with Gasteiger partial charge in [0.2, 0.25) is 0 Å². The Labute approximate surface area is 234 Å². The third kappa shape index (κ3) is 4.95. The highest BCUT2D eigenvalue weighted by atomic mass is 35.5. The molecule has 40 heavy (non-hydrogen) atoms. The number of nitrogens with zero attached hydrogens (tertiary/aromatic N) is 2. The van der Waals surface area contributed by atoms with E-state index in [-0.39, 0.29) is 34.0 Å². The number of halogens is 1. The molecule has 0 unspecified atom stereocenters. The standard InChI is InChI=1S/C31H22ClN3O4S/c32-26-16-22(15-21-7-4-13-33-30(21)26)24-17-25-27(37)18-28(34-31(25)35-29(24)20-5-2-1-3-6-20)40(38,39)14-12-19-8-10-23(36)11-9-19/h1-11,13,15-18,36H,12,14H2,(H,34,35,37). The first kappa shape index (κ1) is 25.7. The molecule has 0 aliphatic rings. The number of benzene rings is 3. The van der Waals surface area contributed by atoms with Crippen molar-refractivity contribution in [2.75, 3.05) is 5.75 Å². The summed E-state index contributed by atoms with van der Waals surface area (Å²) in [5.41, 5.74) is 3.94. The number of phenols is 1. The van der Waals surface area contributed by atoms with Crippen molar-refractivity contribution >= 4 is 43.4 Å². The molecule has 2 N–H and O–H groups in total. The maximum Gasteiger partial charge on any atom is 0.194 e. The average molecular weight is 568 g/mol. The number of fused-ring (bicyclic) bond motifs is 2. The van der Waals surface area contributed by atoms with Crippen LogP contribution in [0.4, 0.5) is 0 Å². The van der Waals surface area contributed by atoms with Crippen molar-refractivity contribution in [1.82, 2.24) is 15.0 Å². The number of hydrogen-bond acceptors (Lipinski definition) is 6. The smallest absolute Gasteiger partial charge is 0.194 e. The van der Waals surface area contributed by atoms with Gasteiger partial charge in [0, 0.05) is 28.8 Å². The first-order chi connectivity index (χ1) is 19.3. The van der Waals surface area contributed by atoms with Crippen LogP contribution in [0.25, 0.3) is 44.3 Å². The van der Waals surface area contributed by atoms with Gasteiger partial charge < -0.3 is 10.1 Å². The second-order valence-electron chi connectivity index (χ2n) is 9.41. The van der Waals surface area contributed by atoms with E-state index < -0.39 is 15.3 Å². The molecule has 0 atom stereocenters. The third-order valence-corrected chi connectivity index (χ3v) is 8.66. The summed E-state index contributed by atoms with van der Waals surface area (Å²) < 4.78 is 26.4. The Hall–Kier alpha value is -4.53. The second-order valence-corrected chi connectivity index (χ2v) is 11.9. The van der Waals surface area contributed by atoms with Crippen LogP contribution in [0.3, 0.4) is 0 Å². The summed E-state index contributed by atoms with van der Waals surface area (Å²) in [6.45, 7) is 0. The molecule has 0 aliphatic carbocycles. The monoisotopic (exact) mass is 567 g/mol. The van der Waals surface area contributed by atoms with E-state index >= 15 is 0 Å². The maximum atomic E-state index is 13.3. The second kappa shape index (κ2) is 10.2. The molecule has 6 aromatic rings. The summed E-state index contributed by atoms with van der Waals surface area (Å²) in [6.07, 6.45) is 1.90. The van der Waals surface area contributed by atoms with E-state index in [0.717, 1.165) is 28.1 Å². The highest BCUT2D eigenvalue weighted by molar-refractivity contribution is 7.91. The van der Waals surface area contributed by atoms with Gasteiger partial charge in [-0.25, -0.2) is 13.4 Å². The third-order valence-electron chi connectivity index (χ3n) is 6.74. The number of sulfone groups is 1. The molecule has 0 bridgehead atoms. The predicted octanol–water partition coefficient (Wildman–Crippen LogP) is 6.18. The lowest BCUT2D eigenvalue weighted by Crippen LogP contribution is -2.15. The highest BCUT2D eigenvalue weighted by Gasteiger charge is 2.20. The molecule has 0 aliphatic heterocycles. The summed E-state index contributed by atoms with van der Waals surface area (Å²) >= 11 is 6.58. The zero-order valence-corrected chi connectivity index (χ0v) is 22.6. The van der Waals surface area contributed by atoms with Crippen LogP contribution in [0.15, 0.2) is 107 Å². The Morgan fingerprint density at radius 1 is 0.875 bits per heavy atom. The van der Waals surface area contributed by atoms with Gasteiger partial charge in [-0.2, -0.15) is 0 Å². The molecule has 0 spiro atoms. The van der Waals surface area contributed by atoms with Gasteiger partial charge in [0.1, 0.15) is 16.4 Å². The fraction of sp³-hybridized carbons (Fsp3) is 0.0645. The minimum absolute atomic E-state index is 0.104. The van der Waals surface area contributed by atoms with Crippen LogP contribution in [0.2, 0.25) is 5.02 Å². The van der Waals surface area contributed by atoms with E-state index in [2.05, 4.69) is 9.97 Å². The topological polar surface area (TPSA) is 113 Å². The number of aryl methyl sites for hydroxylation is 1. The normalized spacial score (nSPS) is 11.7. The van der Waals surface area contributed by atoms with E-state index in [4.69, 9.17) is 16.6 Å². The molecule has 9 heteroatoms. The van der Waals surface area contributed by atoms with Crippen LogP contribution in [0.5, 0.6) is 5.75 Å². The molecule has 3 heterocycles. The zero-order valence-electron chi connectivity index (χ0n) is 21.0. The quantitative estimate of drug-likeness (QED) is 0.248. The first-order valence-corrected chi connectivity index (χ1v) is 14.5. The Kier molecular flexibility index (Phi) is 6.57. The summed E-state index contributed by atoms with van der Waals surface area (Å²) in [6, 6.07) is 26.1. The minimum Gasteiger partial charge on any atom is -0.508 e. The number of aromatic nitrogens is 3. The lowest BCUT2D eigenvalue weighted by Gasteiger charge is -2.13. The van der Waals surface area contributed by atoms with Crippen molar-refractivity contribution in [2.45, 2.75) is 11.4 Å². The van der Waals surface area contributed by atoms with Crippen LogP contribution in [0.1, 0.15) is 5.56 Å². The molecule has 7 nitrogen and oxygen atoms in total. The zero-order chi connectivity index (χ0) is 27.9. The van der Waals surface area contributed by atoms with Gasteiger partial charge in [0.25, 0.3) is 0 Å². The summed E-state index contributed by atoms with van der Waals surface area (Å²) in [5.74, 6) is -0.111. The summed E-state index contributed by atoms with van der Waals surface area (Å²) in [5, 5.41) is 10.9. The predicted molar refractivity (Wildman–Crippen MR) is 157 cm³/mol. The Balaban J connectivity index is 1.49. The number of aromatic amines is 1. The fourth-order valence-corrected chi connectivity index (χ4v) is 6.22. The van der Waals surface area contributed by atoms with Crippen LogP contribution < -0.4 is 5.43 Å². The van der Waals surface area contributed by atoms with Gasteiger partial charge in [-0.05, 0) is 53.9 Å². The van der Waals surface area contributed by atoms with E-state index in [9.17, 15) is 18.3 Å². The number of rotatable bonds is 6. The number of phenolic OH excluding ortho intramolecular Hbond substituents is 1. The maximum absolute atomic E-state index is 13.3. The van der Waals surface area contributed by atoms with Gasteiger partial charge in [-0.3, -0.25) is 9.78 Å². The van der Waals surface area contributed by atoms with Gasteiger partial charge in [-0.15, -0.1) is 0 Å². The van der Waals surface area contributed by atoms with Crippen molar-refractivity contribution in [3.8, 4) is 28.1 Å². The van der Waals surface area contributed by atoms with Crippen LogP contribution >= 0.6 is 11.6 Å². The summed E-state index contributed by atoms with van der Waals surface area (Å²) in [7, 11) is -3.83. The number of aromatic hydroxyl groups is 1. The molecule has 6 rings (SSSR count). The molecule has 3 aromatic heterocycles. The Bertz CT molecular complexity index is 2060. The van der Waals surface area contributed by atoms with Gasteiger partial charge in [0.05, 0.1) is 27.4 Å². The van der Waals surface area contributed by atoms with Gasteiger partial charge >= 0.3 is 0 Å². The molecule has 0 fully saturated rings. The van der Waals surface area contributed by atoms with Crippen LogP contribution in [-0.4, -0.2) is 34.2 Å². The number of hydrogen-bond donors (Lipinski definition) is 2. The molecule has 0 radical (unpaired) electrons. The number of nitrogens with one attached hydrogen (secondary N) is 1. The van der Waals surface area contributed by atoms with Crippen LogP contribution in [0, 0.1) is 0 Å². The fourth-order valence-electron chi connectivity index (χ4n) is 4.68. The van der Waals surface area contributed by atoms with Crippen molar-refractivity contribution in [2.24, 2.45) is 0 Å². The number of H-pyrrole nitrogens is 1. The lowest BCUT2D eigenvalue weighted by atomic mass is 9.97. The Morgan fingerprint density at radius 3 is 2.42 bits per heavy atom. The minimum atomic E-state index is -3.83. The van der Waals surface area contributed by atoms with Gasteiger partial charge in [-0.1, -0.05) is 60.1 Å². The molecular weight excluding hydrogens is 546 g/mol. The van der Waals surface area contributed by atoms with Gasteiger partial charge in [0.15, 0.2) is 15.3 Å². The molecule has 0 saturated heterocycles.